The van der Waals surface area contributed by atoms with Gasteiger partial charge in [-0.2, -0.15) is 5.10 Å². The second-order valence-corrected chi connectivity index (χ2v) is 7.55. The first-order chi connectivity index (χ1) is 15.4. The van der Waals surface area contributed by atoms with Gasteiger partial charge < -0.3 is 23.7 Å². The first kappa shape index (κ1) is 23.3. The number of aromatic nitrogens is 1. The zero-order chi connectivity index (χ0) is 23.3. The van der Waals surface area contributed by atoms with E-state index in [9.17, 15) is 9.59 Å². The zero-order valence-electron chi connectivity index (χ0n) is 19.2. The highest BCUT2D eigenvalue weighted by atomic mass is 16.5. The number of hydrogen-bond acceptors (Lipinski definition) is 6. The summed E-state index contributed by atoms with van der Waals surface area (Å²) in [5.41, 5.74) is 2.50. The molecule has 2 amide bonds. The van der Waals surface area contributed by atoms with E-state index < -0.39 is 6.04 Å². The summed E-state index contributed by atoms with van der Waals surface area (Å²) in [7, 11) is 6.68. The van der Waals surface area contributed by atoms with E-state index in [1.807, 2.05) is 48.1 Å². The highest BCUT2D eigenvalue weighted by molar-refractivity contribution is 6.02. The van der Waals surface area contributed by atoms with Crippen LogP contribution >= 0.6 is 0 Å². The van der Waals surface area contributed by atoms with Gasteiger partial charge in [-0.25, -0.2) is 5.01 Å². The highest BCUT2D eigenvalue weighted by Crippen LogP contribution is 2.39. The van der Waals surface area contributed by atoms with Crippen molar-refractivity contribution in [2.24, 2.45) is 12.1 Å². The summed E-state index contributed by atoms with van der Waals surface area (Å²) < 4.78 is 18.0. The Morgan fingerprint density at radius 1 is 1.19 bits per heavy atom. The monoisotopic (exact) mass is 442 g/mol. The highest BCUT2D eigenvalue weighted by Gasteiger charge is 2.36. The third kappa shape index (κ3) is 4.94. The minimum atomic E-state index is -0.395. The van der Waals surface area contributed by atoms with Gasteiger partial charge in [-0.1, -0.05) is 0 Å². The SMILES string of the molecule is COCCN(CC(=O)N1N=C(c2cccn2C)C[C@@H]1c1cc(OC)ccc1OC)C(C)=O. The number of hydrogen-bond donors (Lipinski definition) is 0. The number of amides is 2. The molecule has 3 rings (SSSR count). The van der Waals surface area contributed by atoms with Crippen LogP contribution < -0.4 is 9.47 Å². The molecule has 1 atom stereocenters. The molecule has 1 aromatic carbocycles. The van der Waals surface area contributed by atoms with E-state index in [4.69, 9.17) is 14.2 Å². The Morgan fingerprint density at radius 2 is 1.97 bits per heavy atom. The van der Waals surface area contributed by atoms with Gasteiger partial charge in [0.15, 0.2) is 0 Å². The number of methoxy groups -OCH3 is 3. The molecule has 0 N–H and O–H groups in total. The summed E-state index contributed by atoms with van der Waals surface area (Å²) in [6, 6.07) is 9.00. The fourth-order valence-electron chi connectivity index (χ4n) is 3.78. The van der Waals surface area contributed by atoms with Crippen LogP contribution in [0.2, 0.25) is 0 Å². The Labute approximate surface area is 188 Å². The predicted molar refractivity (Wildman–Crippen MR) is 120 cm³/mol. The fraction of sp³-hybridized carbons (Fsp3) is 0.435. The number of ether oxygens (including phenoxy) is 3. The molecule has 0 radical (unpaired) electrons. The third-order valence-electron chi connectivity index (χ3n) is 5.54. The maximum Gasteiger partial charge on any atom is 0.262 e. The van der Waals surface area contributed by atoms with Crippen molar-refractivity contribution in [1.82, 2.24) is 14.5 Å². The van der Waals surface area contributed by atoms with Gasteiger partial charge in [0.25, 0.3) is 5.91 Å². The maximum absolute atomic E-state index is 13.4. The molecule has 1 aliphatic heterocycles. The molecule has 2 aromatic rings. The molecule has 1 aliphatic rings. The molecule has 172 valence electrons. The van der Waals surface area contributed by atoms with Crippen molar-refractivity contribution < 1.29 is 23.8 Å². The van der Waals surface area contributed by atoms with Crippen LogP contribution in [-0.2, 0) is 21.4 Å². The average Bonchev–Trinajstić information content (AvgIpc) is 3.41. The van der Waals surface area contributed by atoms with E-state index in [2.05, 4.69) is 5.10 Å². The van der Waals surface area contributed by atoms with Crippen LogP contribution in [0.5, 0.6) is 11.5 Å². The van der Waals surface area contributed by atoms with Gasteiger partial charge in [0.2, 0.25) is 5.91 Å². The molecule has 32 heavy (non-hydrogen) atoms. The van der Waals surface area contributed by atoms with Crippen LogP contribution in [0, 0.1) is 0 Å². The average molecular weight is 443 g/mol. The number of rotatable bonds is 9. The van der Waals surface area contributed by atoms with Gasteiger partial charge in [-0.15, -0.1) is 0 Å². The lowest BCUT2D eigenvalue weighted by atomic mass is 9.99. The molecule has 0 aliphatic carbocycles. The van der Waals surface area contributed by atoms with Crippen molar-refractivity contribution in [3.63, 3.8) is 0 Å². The first-order valence-corrected chi connectivity index (χ1v) is 10.4. The molecule has 0 saturated carbocycles. The molecule has 9 heteroatoms. The van der Waals surface area contributed by atoms with E-state index in [0.717, 1.165) is 17.0 Å². The number of aryl methyl sites for hydroxylation is 1. The summed E-state index contributed by atoms with van der Waals surface area (Å²) >= 11 is 0. The maximum atomic E-state index is 13.4. The third-order valence-corrected chi connectivity index (χ3v) is 5.54. The second-order valence-electron chi connectivity index (χ2n) is 7.55. The molecule has 1 aromatic heterocycles. The quantitative estimate of drug-likeness (QED) is 0.594. The van der Waals surface area contributed by atoms with Crippen LogP contribution in [0.15, 0.2) is 41.6 Å². The van der Waals surface area contributed by atoms with Crippen LogP contribution in [0.4, 0.5) is 0 Å². The minimum absolute atomic E-state index is 0.0919. The van der Waals surface area contributed by atoms with Crippen molar-refractivity contribution in [1.29, 1.82) is 0 Å². The van der Waals surface area contributed by atoms with Gasteiger partial charge in [-0.05, 0) is 30.3 Å². The Kier molecular flexibility index (Phi) is 7.53. The first-order valence-electron chi connectivity index (χ1n) is 10.4. The van der Waals surface area contributed by atoms with Crippen LogP contribution in [-0.4, -0.2) is 73.0 Å². The van der Waals surface area contributed by atoms with E-state index in [1.165, 1.54) is 16.8 Å². The lowest BCUT2D eigenvalue weighted by molar-refractivity contribution is -0.141. The van der Waals surface area contributed by atoms with E-state index in [0.29, 0.717) is 31.1 Å². The van der Waals surface area contributed by atoms with Gasteiger partial charge in [-0.3, -0.25) is 9.59 Å². The molecule has 0 bridgehead atoms. The van der Waals surface area contributed by atoms with E-state index in [-0.39, 0.29) is 18.4 Å². The van der Waals surface area contributed by atoms with Crippen molar-refractivity contribution in [3.8, 4) is 11.5 Å². The van der Waals surface area contributed by atoms with Crippen LogP contribution in [0.1, 0.15) is 30.6 Å². The number of hydrazone groups is 1. The molecule has 9 nitrogen and oxygen atoms in total. The minimum Gasteiger partial charge on any atom is -0.497 e. The number of carbonyl (C=O) groups is 2. The Balaban J connectivity index is 1.98. The lowest BCUT2D eigenvalue weighted by Gasteiger charge is -2.27. The van der Waals surface area contributed by atoms with Gasteiger partial charge in [0.1, 0.15) is 18.0 Å². The summed E-state index contributed by atoms with van der Waals surface area (Å²) in [5.74, 6) is 0.817. The summed E-state index contributed by atoms with van der Waals surface area (Å²) in [6.07, 6.45) is 2.44. The molecular formula is C23H30N4O5. The van der Waals surface area contributed by atoms with Gasteiger partial charge in [0, 0.05) is 45.8 Å². The van der Waals surface area contributed by atoms with Crippen molar-refractivity contribution >= 4 is 17.5 Å². The zero-order valence-corrected chi connectivity index (χ0v) is 19.2. The molecule has 0 spiro atoms. The molecule has 2 heterocycles. The summed E-state index contributed by atoms with van der Waals surface area (Å²) in [5, 5.41) is 6.15. The second kappa shape index (κ2) is 10.3. The predicted octanol–water partition coefficient (Wildman–Crippen LogP) is 2.21. The van der Waals surface area contributed by atoms with Gasteiger partial charge >= 0.3 is 0 Å². The van der Waals surface area contributed by atoms with Crippen molar-refractivity contribution in [3.05, 3.63) is 47.8 Å². The molecular weight excluding hydrogens is 412 g/mol. The Bertz CT molecular complexity index is 1000. The normalized spacial score (nSPS) is 15.5. The summed E-state index contributed by atoms with van der Waals surface area (Å²) in [4.78, 5) is 26.9. The molecule has 0 fully saturated rings. The fourth-order valence-corrected chi connectivity index (χ4v) is 3.78. The molecule has 0 unspecified atom stereocenters. The van der Waals surface area contributed by atoms with Gasteiger partial charge in [0.05, 0.1) is 38.3 Å². The van der Waals surface area contributed by atoms with E-state index >= 15 is 0 Å². The van der Waals surface area contributed by atoms with Crippen LogP contribution in [0.25, 0.3) is 0 Å². The Hall–Kier alpha value is -3.33. The number of nitrogens with zero attached hydrogens (tertiary/aromatic N) is 4. The molecule has 0 saturated heterocycles. The Morgan fingerprint density at radius 3 is 2.56 bits per heavy atom. The van der Waals surface area contributed by atoms with Crippen LogP contribution in [0.3, 0.4) is 0 Å². The van der Waals surface area contributed by atoms with Crippen molar-refractivity contribution in [2.75, 3.05) is 41.0 Å². The van der Waals surface area contributed by atoms with E-state index in [1.54, 1.807) is 21.3 Å². The standard InChI is InChI=1S/C23H30N4O5/c1-16(28)26(11-12-30-3)15-23(29)27-21(14-19(24-27)20-7-6-10-25(20)2)18-13-17(31-4)8-9-22(18)32-5/h6-10,13,21H,11-12,14-15H2,1-5H3/t21-/m1/s1. The summed E-state index contributed by atoms with van der Waals surface area (Å²) in [6.45, 7) is 2.02. The number of benzene rings is 1. The lowest BCUT2D eigenvalue weighted by Crippen LogP contribution is -2.41. The van der Waals surface area contributed by atoms with Crippen molar-refractivity contribution in [2.45, 2.75) is 19.4 Å². The smallest absolute Gasteiger partial charge is 0.262 e. The topological polar surface area (TPSA) is 85.6 Å². The number of carbonyl (C=O) groups excluding carboxylic acids is 2. The largest absolute Gasteiger partial charge is 0.497 e.